The number of alkyl halides is 4. The summed E-state index contributed by atoms with van der Waals surface area (Å²) < 4.78 is 105. The number of hydrogen-bond acceptors (Lipinski definition) is 11. The van der Waals surface area contributed by atoms with Gasteiger partial charge in [0.05, 0.1) is 29.4 Å². The number of carbonyl (C=O) groups excluding carboxylic acids is 4. The normalized spacial score (nSPS) is 31.0. The minimum Gasteiger partial charge on any atom is -0.497 e. The van der Waals surface area contributed by atoms with Crippen LogP contribution in [0.3, 0.4) is 0 Å². The van der Waals surface area contributed by atoms with Gasteiger partial charge < -0.3 is 29.7 Å². The maximum absolute atomic E-state index is 16.4. The lowest BCUT2D eigenvalue weighted by Crippen LogP contribution is -2.61. The first kappa shape index (κ1) is 44.6. The van der Waals surface area contributed by atoms with Crippen LogP contribution < -0.4 is 24.8 Å². The molecule has 7 rings (SSSR count). The van der Waals surface area contributed by atoms with Crippen LogP contribution in [0.2, 0.25) is 0 Å². The van der Waals surface area contributed by atoms with Crippen molar-refractivity contribution in [2.45, 2.75) is 146 Å². The van der Waals surface area contributed by atoms with Crippen molar-refractivity contribution in [1.29, 1.82) is 0 Å². The van der Waals surface area contributed by atoms with E-state index in [9.17, 15) is 36.4 Å². The summed E-state index contributed by atoms with van der Waals surface area (Å²) >= 11 is 0. The zero-order valence-electron chi connectivity index (χ0n) is 35.1. The topological polar surface area (TPSA) is 195 Å². The van der Waals surface area contributed by atoms with E-state index in [-0.39, 0.29) is 49.1 Å². The third-order valence-electron chi connectivity index (χ3n) is 13.0. The summed E-state index contributed by atoms with van der Waals surface area (Å²) in [6, 6.07) is 1.69. The van der Waals surface area contributed by atoms with Gasteiger partial charge in [0.15, 0.2) is 5.69 Å². The smallest absolute Gasteiger partial charge is 0.408 e. The number of fused-ring (bicyclic) bond motifs is 5. The number of halogens is 4. The highest BCUT2D eigenvalue weighted by atomic mass is 32.2. The lowest BCUT2D eigenvalue weighted by molar-refractivity contribution is -0.143. The quantitative estimate of drug-likeness (QED) is 0.275. The molecule has 3 heterocycles. The molecular weight excluding hydrogens is 829 g/mol. The van der Waals surface area contributed by atoms with E-state index >= 15 is 8.78 Å². The van der Waals surface area contributed by atoms with Crippen molar-refractivity contribution >= 4 is 44.9 Å². The number of carbonyl (C=O) groups is 4. The molecule has 3 N–H and O–H groups in total. The molecule has 20 heteroatoms. The van der Waals surface area contributed by atoms with Gasteiger partial charge in [-0.25, -0.2) is 32.0 Å². The number of sulfonamides is 1. The van der Waals surface area contributed by atoms with Crippen LogP contribution in [0.25, 0.3) is 11.0 Å². The Bertz CT molecular complexity index is 2190. The highest BCUT2D eigenvalue weighted by Crippen LogP contribution is 2.50. The summed E-state index contributed by atoms with van der Waals surface area (Å²) in [5, 5.41) is 5.26. The van der Waals surface area contributed by atoms with Gasteiger partial charge >= 0.3 is 6.09 Å². The number of methoxy groups -OCH3 is 1. The molecule has 61 heavy (non-hydrogen) atoms. The molecule has 8 atom stereocenters. The second kappa shape index (κ2) is 16.0. The molecular formula is C41H54F4N6O9S. The number of hydrogen-bond donors (Lipinski definition) is 3. The predicted octanol–water partition coefficient (Wildman–Crippen LogP) is 5.35. The van der Waals surface area contributed by atoms with Gasteiger partial charge in [0, 0.05) is 24.8 Å². The maximum atomic E-state index is 16.4. The van der Waals surface area contributed by atoms with Crippen molar-refractivity contribution < 1.29 is 59.4 Å². The van der Waals surface area contributed by atoms with Crippen molar-refractivity contribution in [2.24, 2.45) is 23.2 Å². The first-order chi connectivity index (χ1) is 28.5. The van der Waals surface area contributed by atoms with Crippen molar-refractivity contribution in [3.8, 4) is 11.6 Å². The predicted molar refractivity (Wildman–Crippen MR) is 211 cm³/mol. The summed E-state index contributed by atoms with van der Waals surface area (Å²) in [6.07, 6.45) is -5.04. The molecule has 1 unspecified atom stereocenters. The van der Waals surface area contributed by atoms with Crippen LogP contribution >= 0.6 is 0 Å². The van der Waals surface area contributed by atoms with Gasteiger partial charge in [0.25, 0.3) is 11.8 Å². The number of benzene rings is 1. The molecule has 5 aliphatic rings. The lowest BCUT2D eigenvalue weighted by Gasteiger charge is -2.36. The first-order valence-corrected chi connectivity index (χ1v) is 22.4. The zero-order chi connectivity index (χ0) is 44.4. The summed E-state index contributed by atoms with van der Waals surface area (Å²) in [5.74, 6) is -8.87. The van der Waals surface area contributed by atoms with E-state index in [4.69, 9.17) is 14.2 Å². The number of ether oxygens (including phenoxy) is 3. The first-order valence-electron chi connectivity index (χ1n) is 20.9. The Morgan fingerprint density at radius 3 is 2.43 bits per heavy atom. The van der Waals surface area contributed by atoms with Gasteiger partial charge in [-0.3, -0.25) is 19.1 Å². The number of nitrogens with one attached hydrogen (secondary N) is 3. The summed E-state index contributed by atoms with van der Waals surface area (Å²) in [6.45, 7) is 7.76. The van der Waals surface area contributed by atoms with Crippen LogP contribution in [0.4, 0.5) is 22.4 Å². The van der Waals surface area contributed by atoms with E-state index in [2.05, 4.69) is 20.6 Å². The third-order valence-corrected chi connectivity index (χ3v) is 15.2. The molecule has 1 aromatic heterocycles. The molecule has 0 radical (unpaired) electrons. The molecule has 0 spiro atoms. The van der Waals surface area contributed by atoms with E-state index in [0.29, 0.717) is 25.0 Å². The average molecular weight is 883 g/mol. The molecule has 2 bridgehead atoms. The fraction of sp³-hybridized carbons (Fsp3) is 0.707. The SMILES string of the molecule is CC[C@@H]1[C@@H]2CN(C(=O)[C@H](C(C)(C)C)NC(=O)O[C@@H]3CC3CCCCC(F)(F)c3nc4ccc(OC)cc4nc3O2)[C@@H]1C(=O)N[C@]1(C(=O)NS(=O)(=O)C2(C)CC2)C[C@H]1CC(F)F. The van der Waals surface area contributed by atoms with E-state index in [0.717, 1.165) is 4.90 Å². The Balaban J connectivity index is 1.30. The van der Waals surface area contributed by atoms with Crippen molar-refractivity contribution in [1.82, 2.24) is 30.2 Å². The molecule has 336 valence electrons. The minimum atomic E-state index is -4.26. The molecule has 1 aromatic carbocycles. The van der Waals surface area contributed by atoms with Crippen LogP contribution in [0.5, 0.6) is 11.6 Å². The van der Waals surface area contributed by atoms with Gasteiger partial charge in [-0.05, 0) is 81.3 Å². The van der Waals surface area contributed by atoms with Crippen LogP contribution in [-0.4, -0.2) is 102 Å². The molecule has 4 fully saturated rings. The number of aromatic nitrogens is 2. The molecule has 2 aliphatic heterocycles. The van der Waals surface area contributed by atoms with Crippen molar-refractivity contribution in [3.63, 3.8) is 0 Å². The Morgan fingerprint density at radius 2 is 1.79 bits per heavy atom. The Hall–Kier alpha value is -4.49. The fourth-order valence-electron chi connectivity index (χ4n) is 8.70. The molecule has 15 nitrogen and oxygen atoms in total. The summed E-state index contributed by atoms with van der Waals surface area (Å²) in [4.78, 5) is 66.8. The van der Waals surface area contributed by atoms with Crippen LogP contribution in [0, 0.1) is 23.2 Å². The van der Waals surface area contributed by atoms with Crippen LogP contribution in [0.15, 0.2) is 18.2 Å². The molecule has 3 aliphatic carbocycles. The molecule has 3 saturated carbocycles. The van der Waals surface area contributed by atoms with Crippen LogP contribution in [-0.2, 0) is 35.1 Å². The standard InChI is InChI=1S/C41H54F4N6O9S/c1-7-24-28-20-51(30(24)33(52)49-40(19-22(40)17-29(42)43)36(54)50-61(56,57)39(5)14-15-39)35(53)32(38(2,3)4)48-37(55)60-27-16-21(27)10-8-9-13-41(44,45)31-34(59-28)47-26-18-23(58-6)11-12-25(26)46-31/h11-12,18,21-22,24,27-30,32H,7-10,13-17,19-20H2,1-6H3,(H,48,55)(H,49,52)(H,50,54)/t21?,22-,24-,27-,28+,30+,32-,40-/m1/s1. The van der Waals surface area contributed by atoms with Crippen molar-refractivity contribution in [2.75, 3.05) is 13.7 Å². The van der Waals surface area contributed by atoms with Gasteiger partial charge in [0.1, 0.15) is 35.6 Å². The van der Waals surface area contributed by atoms with E-state index in [1.807, 2.05) is 4.72 Å². The second-order valence-electron chi connectivity index (χ2n) is 18.6. The minimum absolute atomic E-state index is 0.0583. The number of nitrogens with zero attached hydrogens (tertiary/aromatic N) is 3. The van der Waals surface area contributed by atoms with Crippen molar-refractivity contribution in [3.05, 3.63) is 23.9 Å². The third kappa shape index (κ3) is 8.92. The summed E-state index contributed by atoms with van der Waals surface area (Å²) in [5.41, 5.74) is -3.50. The number of rotatable bonds is 9. The fourth-order valence-corrected chi connectivity index (χ4v) is 10.0. The van der Waals surface area contributed by atoms with E-state index in [1.165, 1.54) is 26.2 Å². The van der Waals surface area contributed by atoms with E-state index in [1.54, 1.807) is 33.8 Å². The average Bonchev–Trinajstić information content (AvgIpc) is 4.14. The highest BCUT2D eigenvalue weighted by molar-refractivity contribution is 7.91. The number of amides is 4. The number of alkyl carbamates (subject to hydrolysis) is 1. The Morgan fingerprint density at radius 1 is 1.07 bits per heavy atom. The van der Waals surface area contributed by atoms with Gasteiger partial charge in [-0.1, -0.05) is 34.1 Å². The van der Waals surface area contributed by atoms with Gasteiger partial charge in [0.2, 0.25) is 34.1 Å². The largest absolute Gasteiger partial charge is 0.497 e. The van der Waals surface area contributed by atoms with Gasteiger partial charge in [-0.15, -0.1) is 0 Å². The van der Waals surface area contributed by atoms with E-state index < -0.39 is 129 Å². The van der Waals surface area contributed by atoms with Gasteiger partial charge in [-0.2, -0.15) is 8.78 Å². The van der Waals surface area contributed by atoms with Crippen LogP contribution in [0.1, 0.15) is 105 Å². The highest BCUT2D eigenvalue weighted by Gasteiger charge is 2.65. The lowest BCUT2D eigenvalue weighted by atomic mass is 9.85. The molecule has 4 amide bonds. The Kier molecular flexibility index (Phi) is 11.7. The maximum Gasteiger partial charge on any atom is 0.408 e. The second-order valence-corrected chi connectivity index (χ2v) is 20.8. The Labute approximate surface area is 351 Å². The summed E-state index contributed by atoms with van der Waals surface area (Å²) in [7, 11) is -2.83. The molecule has 1 saturated heterocycles. The molecule has 2 aromatic rings. The zero-order valence-corrected chi connectivity index (χ0v) is 35.9. The monoisotopic (exact) mass is 882 g/mol.